The molecule has 2 rings (SSSR count). The number of halogens is 24. The van der Waals surface area contributed by atoms with Crippen LogP contribution in [0.3, 0.4) is 0 Å². The first-order valence-electron chi connectivity index (χ1n) is 16.1. The highest BCUT2D eigenvalue weighted by Gasteiger charge is 2.62. The molecule has 2 amide bonds. The molecule has 0 atom stereocenters. The first kappa shape index (κ1) is 68.4. The maximum atomic E-state index is 12.6. The molecule has 0 N–H and O–H groups in total. The van der Waals surface area contributed by atoms with Crippen molar-refractivity contribution in [1.29, 1.82) is 0 Å². The third-order valence-electron chi connectivity index (χ3n) is 5.50. The van der Waals surface area contributed by atoms with Crippen LogP contribution in [0, 0.1) is 49.4 Å². The van der Waals surface area contributed by atoms with E-state index in [1.165, 1.54) is 29.2 Å². The van der Waals surface area contributed by atoms with Crippen LogP contribution >= 0.6 is 0 Å². The van der Waals surface area contributed by atoms with E-state index in [1.54, 1.807) is 24.3 Å². The van der Waals surface area contributed by atoms with Crippen molar-refractivity contribution in [2.75, 3.05) is 49.6 Å². The van der Waals surface area contributed by atoms with E-state index in [9.17, 15) is 115 Å². The monoisotopic (exact) mass is 1040 g/mol. The second kappa shape index (κ2) is 31.7. The summed E-state index contributed by atoms with van der Waals surface area (Å²) in [5.74, 6) is 8.05. The van der Waals surface area contributed by atoms with Gasteiger partial charge in [-0.2, -0.15) is 75.2 Å². The van der Waals surface area contributed by atoms with Gasteiger partial charge >= 0.3 is 49.4 Å². The minimum atomic E-state index is -5.77. The molecule has 2 aromatic rings. The van der Waals surface area contributed by atoms with Gasteiger partial charge in [0.2, 0.25) is 12.8 Å². The molecule has 0 saturated heterocycles. The average Bonchev–Trinajstić information content (AvgIpc) is 3.22. The van der Waals surface area contributed by atoms with Crippen molar-refractivity contribution in [2.45, 2.75) is 49.7 Å². The number of alkyl halides is 21. The lowest BCUT2D eigenvalue weighted by molar-refractivity contribution is -0.485. The Balaban J connectivity index is -0.000000382. The molecule has 0 fully saturated rings. The third-order valence-corrected chi connectivity index (χ3v) is 5.50. The Morgan fingerprint density at radius 2 is 0.868 bits per heavy atom. The lowest BCUT2D eigenvalue weighted by Crippen LogP contribution is -2.45. The molecule has 8 nitrogen and oxygen atoms in total. The minimum Gasteiger partial charge on any atom is -0.304 e. The number of carbonyl (C=O) groups excluding carboxylic acids is 2. The Hall–Kier alpha value is -6.22. The van der Waals surface area contributed by atoms with Crippen LogP contribution in [-0.4, -0.2) is 95.2 Å². The smallest absolute Gasteiger partial charge is 0.304 e. The largest absolute Gasteiger partial charge is 0.522 e. The van der Waals surface area contributed by atoms with Gasteiger partial charge < -0.3 is 9.64 Å². The number of rotatable bonds is 11. The van der Waals surface area contributed by atoms with Crippen molar-refractivity contribution in [3.05, 3.63) is 59.7 Å². The number of carbonyl (C=O) groups is 2. The summed E-state index contributed by atoms with van der Waals surface area (Å²) in [5, 5.41) is 0. The summed E-state index contributed by atoms with van der Waals surface area (Å²) >= 11 is 0. The van der Waals surface area contributed by atoms with Crippen LogP contribution in [0.5, 0.6) is 0 Å². The number of nitrogens with zero attached hydrogens (tertiary/aromatic N) is 2. The van der Waals surface area contributed by atoms with E-state index in [1.807, 2.05) is 0 Å². The van der Waals surface area contributed by atoms with Crippen molar-refractivity contribution >= 4 is 23.4 Å². The van der Waals surface area contributed by atoms with Crippen LogP contribution in [0.15, 0.2) is 48.5 Å². The molecule has 384 valence electrons. The summed E-state index contributed by atoms with van der Waals surface area (Å²) < 4.78 is 273. The topological polar surface area (TPSA) is 77.5 Å². The van der Waals surface area contributed by atoms with Crippen molar-refractivity contribution in [2.24, 2.45) is 0 Å². The number of anilines is 2. The fourth-order valence-electron chi connectivity index (χ4n) is 2.97. The lowest BCUT2D eigenvalue weighted by Gasteiger charge is -2.22. The molecule has 32 heteroatoms. The second-order valence-corrected chi connectivity index (χ2v) is 10.7. The van der Waals surface area contributed by atoms with E-state index < -0.39 is 88.5 Å². The zero-order valence-electron chi connectivity index (χ0n) is 32.8. The fourth-order valence-corrected chi connectivity index (χ4v) is 2.97. The van der Waals surface area contributed by atoms with Gasteiger partial charge in [0.25, 0.3) is 0 Å². The highest BCUT2D eigenvalue weighted by atomic mass is 19.4. The van der Waals surface area contributed by atoms with E-state index in [0.717, 1.165) is 9.80 Å². The van der Waals surface area contributed by atoms with Gasteiger partial charge in [-0.15, -0.1) is 48.2 Å². The molecule has 0 unspecified atom stereocenters. The van der Waals surface area contributed by atoms with Crippen LogP contribution in [0.1, 0.15) is 17.5 Å². The van der Waals surface area contributed by atoms with Crippen LogP contribution in [0.4, 0.5) is 122 Å². The van der Waals surface area contributed by atoms with E-state index in [4.69, 9.17) is 25.7 Å². The number of benzene rings is 2. The first-order valence-corrected chi connectivity index (χ1v) is 16.1. The van der Waals surface area contributed by atoms with Crippen molar-refractivity contribution in [3.63, 3.8) is 0 Å². The highest BCUT2D eigenvalue weighted by Crippen LogP contribution is 2.37. The SMILES string of the molecule is C#CCN(C(=O)CC(F)(F)F)c1ccc(C#C)cc1.C#CCN(C(=O)F)c1ccc(C#C)cc1.FC(F)(F)COC(F)(F)F.FCC(F)(F)F.FCOF.FOC(F)(F)C(F)(F)OCC(F)(F)F. The molecule has 2 aromatic carbocycles. The molecule has 0 radical (unpaired) electrons. The fraction of sp³-hybridized carbons (Fsp3) is 0.389. The van der Waals surface area contributed by atoms with E-state index in [2.05, 4.69) is 38.1 Å². The van der Waals surface area contributed by atoms with Crippen LogP contribution in [-0.2, 0) is 24.2 Å². The first-order chi connectivity index (χ1) is 30.8. The Bertz CT molecular complexity index is 1890. The van der Waals surface area contributed by atoms with Crippen LogP contribution < -0.4 is 9.80 Å². The zero-order chi connectivity index (χ0) is 54.4. The van der Waals surface area contributed by atoms with E-state index in [0.29, 0.717) is 16.8 Å². The van der Waals surface area contributed by atoms with Gasteiger partial charge in [0.1, 0.15) is 13.0 Å². The lowest BCUT2D eigenvalue weighted by atomic mass is 10.2. The van der Waals surface area contributed by atoms with Crippen molar-refractivity contribution < 1.29 is 135 Å². The summed E-state index contributed by atoms with van der Waals surface area (Å²) in [4.78, 5) is 27.8. The van der Waals surface area contributed by atoms with E-state index >= 15 is 0 Å². The molecule has 0 saturated carbocycles. The van der Waals surface area contributed by atoms with Gasteiger partial charge in [-0.25, -0.2) is 13.6 Å². The molecule has 0 aliphatic heterocycles. The van der Waals surface area contributed by atoms with E-state index in [-0.39, 0.29) is 18.8 Å². The molecular formula is C36H26F24N2O6. The minimum absolute atomic E-state index is 0.106. The summed E-state index contributed by atoms with van der Waals surface area (Å²) in [6.07, 6.45) is -18.8. The van der Waals surface area contributed by atoms with Crippen molar-refractivity contribution in [3.8, 4) is 49.4 Å². The predicted molar refractivity (Wildman–Crippen MR) is 186 cm³/mol. The standard InChI is InChI=1S/C14H10F3NO.C12H8FNO.C4H2F8O2.C3H2F6O.C2H2F4.CH2F2O/c1-3-9-18(13(19)10-14(15,16)17)12-7-5-11(4-2)6-8-12;1-3-9-14(12(13)15)11-7-5-10(4-2)6-8-11;5-2(6,7)1-13-3(8,9)4(10,11)14-12;4-2(5,6)1-10-3(7,8)9;3-1-2(4,5)6;2-1-4-3/h1-2,5-8H,9-10H2;1-2,5-8H,9H2;1H2;1H2;1H2;1H2. The number of amides is 2. The summed E-state index contributed by atoms with van der Waals surface area (Å²) in [6.45, 7) is -8.86. The van der Waals surface area contributed by atoms with Gasteiger partial charge in [0.15, 0.2) is 13.3 Å². The average molecular weight is 1040 g/mol. The number of terminal acetylenes is 4. The molecule has 68 heavy (non-hydrogen) atoms. The Labute approximate surface area is 366 Å². The number of hydrogen-bond donors (Lipinski definition) is 0. The van der Waals surface area contributed by atoms with Gasteiger partial charge in [0, 0.05) is 22.5 Å². The molecule has 0 aliphatic carbocycles. The van der Waals surface area contributed by atoms with Crippen LogP contribution in [0.25, 0.3) is 0 Å². The van der Waals surface area contributed by atoms with Gasteiger partial charge in [-0.05, 0) is 57.6 Å². The van der Waals surface area contributed by atoms with Gasteiger partial charge in [0.05, 0.1) is 13.1 Å². The highest BCUT2D eigenvalue weighted by molar-refractivity contribution is 5.94. The van der Waals surface area contributed by atoms with Gasteiger partial charge in [-0.3, -0.25) is 14.4 Å². The molecule has 0 aromatic heterocycles. The molecule has 0 aliphatic rings. The zero-order valence-corrected chi connectivity index (χ0v) is 32.8. The third kappa shape index (κ3) is 36.9. The summed E-state index contributed by atoms with van der Waals surface area (Å²) in [5.41, 5.74) is 1.89. The Morgan fingerprint density at radius 1 is 0.529 bits per heavy atom. The molecule has 0 heterocycles. The quantitative estimate of drug-likeness (QED) is 0.0966. The van der Waals surface area contributed by atoms with Crippen molar-refractivity contribution in [1.82, 2.24) is 0 Å². The predicted octanol–water partition coefficient (Wildman–Crippen LogP) is 11.9. The second-order valence-electron chi connectivity index (χ2n) is 10.7. The Morgan fingerprint density at radius 3 is 1.10 bits per heavy atom. The Kier molecular flexibility index (Phi) is 31.9. The maximum absolute atomic E-state index is 12.6. The normalized spacial score (nSPS) is 11.4. The maximum Gasteiger partial charge on any atom is 0.522 e. The number of hydrogen-bond acceptors (Lipinski definition) is 6. The molecule has 0 spiro atoms. The number of ether oxygens (including phenoxy) is 2. The molecular weight excluding hydrogens is 1010 g/mol. The summed E-state index contributed by atoms with van der Waals surface area (Å²) in [6, 6.07) is 12.3. The molecule has 0 bridgehead atoms. The van der Waals surface area contributed by atoms with Gasteiger partial charge in [-0.1, -0.05) is 23.7 Å². The van der Waals surface area contributed by atoms with Crippen LogP contribution in [0.2, 0.25) is 0 Å². The summed E-state index contributed by atoms with van der Waals surface area (Å²) in [7, 11) is 0.